The van der Waals surface area contributed by atoms with E-state index in [9.17, 15) is 9.90 Å². The van der Waals surface area contributed by atoms with Gasteiger partial charge < -0.3 is 10.4 Å². The summed E-state index contributed by atoms with van der Waals surface area (Å²) in [5.41, 5.74) is 3.12. The van der Waals surface area contributed by atoms with Crippen molar-refractivity contribution in [2.75, 3.05) is 5.32 Å². The molecule has 2 N–H and O–H groups in total. The molecule has 0 saturated carbocycles. The Morgan fingerprint density at radius 2 is 2.12 bits per heavy atom. The highest BCUT2D eigenvalue weighted by atomic mass is 16.4. The van der Waals surface area contributed by atoms with E-state index in [1.54, 1.807) is 22.9 Å². The predicted octanol–water partition coefficient (Wildman–Crippen LogP) is 3.03. The molecule has 1 aromatic carbocycles. The second kappa shape index (κ2) is 5.31. The standard InChI is InChI=1S/C17H13N5O2/c1-10-3-2-4-11(7-10)19-17-21-13-5-6-18-8-12(13)15-20-14(16(23)24)9-22(15)17/h2-9H,1H3,(H,19,21)(H,23,24). The number of carbonyl (C=O) groups is 1. The number of hydrogen-bond donors (Lipinski definition) is 2. The Hall–Kier alpha value is -3.48. The SMILES string of the molecule is Cc1cccc(Nc2nc3ccncc3c3nc(C(=O)O)cn23)c1. The first kappa shape index (κ1) is 14.1. The van der Waals surface area contributed by atoms with E-state index in [0.29, 0.717) is 22.5 Å². The molecular formula is C17H13N5O2. The number of aromatic carboxylic acids is 1. The molecule has 24 heavy (non-hydrogen) atoms. The van der Waals surface area contributed by atoms with Crippen molar-refractivity contribution in [3.63, 3.8) is 0 Å². The lowest BCUT2D eigenvalue weighted by Crippen LogP contribution is -2.02. The zero-order chi connectivity index (χ0) is 16.7. The molecular weight excluding hydrogens is 306 g/mol. The fourth-order valence-corrected chi connectivity index (χ4v) is 2.60. The smallest absolute Gasteiger partial charge is 0.356 e. The lowest BCUT2D eigenvalue weighted by Gasteiger charge is -2.10. The number of anilines is 2. The summed E-state index contributed by atoms with van der Waals surface area (Å²) in [5, 5.41) is 13.2. The molecule has 7 heteroatoms. The van der Waals surface area contributed by atoms with Gasteiger partial charge in [0, 0.05) is 24.3 Å². The van der Waals surface area contributed by atoms with Crippen molar-refractivity contribution in [3.05, 3.63) is 60.2 Å². The van der Waals surface area contributed by atoms with Crippen LogP contribution in [0, 0.1) is 6.92 Å². The van der Waals surface area contributed by atoms with E-state index in [4.69, 9.17) is 0 Å². The van der Waals surface area contributed by atoms with E-state index >= 15 is 0 Å². The number of hydrogen-bond acceptors (Lipinski definition) is 5. The third-order valence-corrected chi connectivity index (χ3v) is 3.69. The minimum Gasteiger partial charge on any atom is -0.476 e. The van der Waals surface area contributed by atoms with Crippen molar-refractivity contribution in [1.82, 2.24) is 19.4 Å². The Bertz CT molecular complexity index is 1090. The maximum atomic E-state index is 11.3. The molecule has 3 aromatic heterocycles. The van der Waals surface area contributed by atoms with Crippen LogP contribution in [-0.2, 0) is 0 Å². The quantitative estimate of drug-likeness (QED) is 0.603. The Labute approximate surface area is 136 Å². The van der Waals surface area contributed by atoms with Gasteiger partial charge in [0.15, 0.2) is 11.3 Å². The highest BCUT2D eigenvalue weighted by Crippen LogP contribution is 2.24. The number of nitrogens with one attached hydrogen (secondary N) is 1. The Balaban J connectivity index is 1.96. The van der Waals surface area contributed by atoms with Crippen LogP contribution < -0.4 is 5.32 Å². The monoisotopic (exact) mass is 319 g/mol. The Kier molecular flexibility index (Phi) is 3.13. The summed E-state index contributed by atoms with van der Waals surface area (Å²) in [6.07, 6.45) is 4.73. The number of aromatic nitrogens is 4. The topological polar surface area (TPSA) is 92.4 Å². The molecule has 0 radical (unpaired) electrons. The van der Waals surface area contributed by atoms with Crippen molar-refractivity contribution in [2.45, 2.75) is 6.92 Å². The van der Waals surface area contributed by atoms with Gasteiger partial charge in [-0.2, -0.15) is 0 Å². The molecule has 0 unspecified atom stereocenters. The third kappa shape index (κ3) is 2.32. The van der Waals surface area contributed by atoms with E-state index in [0.717, 1.165) is 11.3 Å². The van der Waals surface area contributed by atoms with Crippen molar-refractivity contribution >= 4 is 34.2 Å². The van der Waals surface area contributed by atoms with Gasteiger partial charge in [-0.25, -0.2) is 14.8 Å². The second-order valence-corrected chi connectivity index (χ2v) is 5.45. The van der Waals surface area contributed by atoms with Crippen LogP contribution in [0.25, 0.3) is 16.6 Å². The average molecular weight is 319 g/mol. The highest BCUT2D eigenvalue weighted by molar-refractivity contribution is 5.95. The minimum atomic E-state index is -1.09. The third-order valence-electron chi connectivity index (χ3n) is 3.69. The lowest BCUT2D eigenvalue weighted by atomic mass is 10.2. The number of aryl methyl sites for hydroxylation is 1. The van der Waals surface area contributed by atoms with Crippen LogP contribution in [0.4, 0.5) is 11.6 Å². The summed E-state index contributed by atoms with van der Waals surface area (Å²) in [7, 11) is 0. The number of benzene rings is 1. The van der Waals surface area contributed by atoms with Crippen LogP contribution in [0.5, 0.6) is 0 Å². The molecule has 118 valence electrons. The molecule has 0 saturated heterocycles. The molecule has 4 rings (SSSR count). The van der Waals surface area contributed by atoms with Crippen LogP contribution >= 0.6 is 0 Å². The molecule has 0 aliphatic heterocycles. The molecule has 0 aliphatic carbocycles. The fraction of sp³-hybridized carbons (Fsp3) is 0.0588. The second-order valence-electron chi connectivity index (χ2n) is 5.45. The van der Waals surface area contributed by atoms with Crippen LogP contribution in [0.2, 0.25) is 0 Å². The minimum absolute atomic E-state index is 0.0413. The first-order chi connectivity index (χ1) is 11.6. The summed E-state index contributed by atoms with van der Waals surface area (Å²) in [5.74, 6) is -0.591. The number of nitrogens with zero attached hydrogens (tertiary/aromatic N) is 4. The number of rotatable bonds is 3. The summed E-state index contributed by atoms with van der Waals surface area (Å²) >= 11 is 0. The molecule has 3 heterocycles. The first-order valence-corrected chi connectivity index (χ1v) is 7.31. The fourth-order valence-electron chi connectivity index (χ4n) is 2.60. The van der Waals surface area contributed by atoms with Crippen molar-refractivity contribution < 1.29 is 9.90 Å². The molecule has 7 nitrogen and oxygen atoms in total. The number of fused-ring (bicyclic) bond motifs is 3. The summed E-state index contributed by atoms with van der Waals surface area (Å²) in [6.45, 7) is 2.00. The van der Waals surface area contributed by atoms with Gasteiger partial charge in [0.05, 0.1) is 10.9 Å². The van der Waals surface area contributed by atoms with Crippen LogP contribution in [-0.4, -0.2) is 30.4 Å². The molecule has 4 aromatic rings. The molecule has 0 aliphatic rings. The maximum Gasteiger partial charge on any atom is 0.356 e. The average Bonchev–Trinajstić information content (AvgIpc) is 3.01. The van der Waals surface area contributed by atoms with Crippen LogP contribution in [0.3, 0.4) is 0 Å². The highest BCUT2D eigenvalue weighted by Gasteiger charge is 2.15. The van der Waals surface area contributed by atoms with Gasteiger partial charge in [-0.3, -0.25) is 9.38 Å². The van der Waals surface area contributed by atoms with Gasteiger partial charge in [0.2, 0.25) is 5.95 Å². The Morgan fingerprint density at radius 3 is 2.92 bits per heavy atom. The van der Waals surface area contributed by atoms with Crippen LogP contribution in [0.1, 0.15) is 16.1 Å². The van der Waals surface area contributed by atoms with E-state index in [1.807, 2.05) is 31.2 Å². The van der Waals surface area contributed by atoms with E-state index in [-0.39, 0.29) is 5.69 Å². The van der Waals surface area contributed by atoms with E-state index in [2.05, 4.69) is 20.3 Å². The maximum absolute atomic E-state index is 11.3. The number of carboxylic acids is 1. The number of carboxylic acid groups (broad SMARTS) is 1. The summed E-state index contributed by atoms with van der Waals surface area (Å²) in [4.78, 5) is 24.2. The predicted molar refractivity (Wildman–Crippen MR) is 89.7 cm³/mol. The normalized spacial score (nSPS) is 11.0. The molecule has 0 atom stereocenters. The van der Waals surface area contributed by atoms with Gasteiger partial charge in [0.1, 0.15) is 0 Å². The van der Waals surface area contributed by atoms with Crippen LogP contribution in [0.15, 0.2) is 48.9 Å². The number of imidazole rings is 1. The zero-order valence-electron chi connectivity index (χ0n) is 12.8. The molecule has 0 amide bonds. The van der Waals surface area contributed by atoms with Gasteiger partial charge >= 0.3 is 5.97 Å². The van der Waals surface area contributed by atoms with E-state index < -0.39 is 5.97 Å². The van der Waals surface area contributed by atoms with Gasteiger partial charge in [-0.15, -0.1) is 0 Å². The molecule has 0 bridgehead atoms. The lowest BCUT2D eigenvalue weighted by molar-refractivity contribution is 0.0691. The van der Waals surface area contributed by atoms with Crippen molar-refractivity contribution in [2.24, 2.45) is 0 Å². The van der Waals surface area contributed by atoms with Gasteiger partial charge in [-0.1, -0.05) is 12.1 Å². The Morgan fingerprint density at radius 1 is 1.25 bits per heavy atom. The van der Waals surface area contributed by atoms with Gasteiger partial charge in [0.25, 0.3) is 0 Å². The van der Waals surface area contributed by atoms with Gasteiger partial charge in [-0.05, 0) is 30.7 Å². The van der Waals surface area contributed by atoms with Crippen molar-refractivity contribution in [1.29, 1.82) is 0 Å². The first-order valence-electron chi connectivity index (χ1n) is 7.31. The summed E-state index contributed by atoms with van der Waals surface area (Å²) < 4.78 is 1.63. The van der Waals surface area contributed by atoms with Crippen molar-refractivity contribution in [3.8, 4) is 0 Å². The zero-order valence-corrected chi connectivity index (χ0v) is 12.8. The molecule has 0 spiro atoms. The molecule has 0 fully saturated rings. The summed E-state index contributed by atoms with van der Waals surface area (Å²) in [6, 6.07) is 9.62. The van der Waals surface area contributed by atoms with E-state index in [1.165, 1.54) is 6.20 Å². The number of pyridine rings is 1. The largest absolute Gasteiger partial charge is 0.476 e.